The van der Waals surface area contributed by atoms with Gasteiger partial charge in [-0.3, -0.25) is 4.79 Å². The van der Waals surface area contributed by atoms with Crippen LogP contribution in [-0.2, 0) is 14.3 Å². The summed E-state index contributed by atoms with van der Waals surface area (Å²) in [5.41, 5.74) is 0. The summed E-state index contributed by atoms with van der Waals surface area (Å²) in [4.78, 5) is 13.1. The number of carbonyl (C=O) groups excluding carboxylic acids is 1. The van der Waals surface area contributed by atoms with Gasteiger partial charge in [0.2, 0.25) is 5.91 Å². The minimum atomic E-state index is -1.57. The van der Waals surface area contributed by atoms with Gasteiger partial charge in [0.15, 0.2) is 6.29 Å². The fourth-order valence-electron chi connectivity index (χ4n) is 10.1. The third kappa shape index (κ3) is 41.6. The minimum Gasteiger partial charge on any atom is -0.394 e. The molecule has 1 aliphatic rings. The highest BCUT2D eigenvalue weighted by Crippen LogP contribution is 2.23. The van der Waals surface area contributed by atoms with E-state index in [-0.39, 0.29) is 12.5 Å². The largest absolute Gasteiger partial charge is 0.394 e. The highest BCUT2D eigenvalue weighted by Gasteiger charge is 2.44. The van der Waals surface area contributed by atoms with Crippen molar-refractivity contribution in [3.05, 3.63) is 24.3 Å². The average molecular weight is 1010 g/mol. The number of hydrogen-bond donors (Lipinski definition) is 6. The molecule has 1 saturated heterocycles. The number of rotatable bonds is 54. The number of unbranched alkanes of at least 4 members (excludes halogenated alkanes) is 42. The van der Waals surface area contributed by atoms with Gasteiger partial charge >= 0.3 is 0 Å². The Bertz CT molecular complexity index is 1170. The third-order valence-corrected chi connectivity index (χ3v) is 15.0. The quantitative estimate of drug-likeness (QED) is 0.0261. The fraction of sp³-hybridized carbons (Fsp3) is 0.919. The molecular formula is C62H119NO8. The molecule has 0 bridgehead atoms. The van der Waals surface area contributed by atoms with Gasteiger partial charge in [-0.2, -0.15) is 0 Å². The summed E-state index contributed by atoms with van der Waals surface area (Å²) in [5.74, 6) is -0.180. The van der Waals surface area contributed by atoms with Gasteiger partial charge < -0.3 is 40.3 Å². The normalized spacial score (nSPS) is 19.3. The summed E-state index contributed by atoms with van der Waals surface area (Å²) in [7, 11) is 0. The number of carbonyl (C=O) groups is 1. The van der Waals surface area contributed by atoms with Crippen LogP contribution in [0.3, 0.4) is 0 Å². The van der Waals surface area contributed by atoms with Crippen LogP contribution in [0.25, 0.3) is 0 Å². The molecule has 420 valence electrons. The predicted molar refractivity (Wildman–Crippen MR) is 300 cm³/mol. The Labute approximate surface area is 439 Å². The molecule has 0 spiro atoms. The monoisotopic (exact) mass is 1010 g/mol. The first-order chi connectivity index (χ1) is 34.8. The standard InChI is InChI=1S/C62H119NO8/c1-3-5-7-9-11-13-15-17-19-21-23-24-25-26-27-28-29-30-31-32-33-34-36-38-40-42-44-46-48-50-52-58(66)63-55(54-70-62-61(69)60(68)59(67)57(53-64)71-62)56(65)51-49-47-45-43-41-39-37-35-22-20-18-16-14-12-10-8-6-4-2/h41,43,49,51,55-57,59-62,64-65,67-69H,3-40,42,44-48,50,52-54H2,1-2H3,(H,63,66)/b43-41+,51-49+. The maximum absolute atomic E-state index is 13.1. The van der Waals surface area contributed by atoms with Gasteiger partial charge in [0.05, 0.1) is 25.4 Å². The van der Waals surface area contributed by atoms with Crippen LogP contribution in [-0.4, -0.2) is 87.5 Å². The summed E-state index contributed by atoms with van der Waals surface area (Å²) in [6.07, 6.45) is 59.8. The van der Waals surface area contributed by atoms with Crippen molar-refractivity contribution in [1.29, 1.82) is 0 Å². The Morgan fingerprint density at radius 2 is 0.803 bits per heavy atom. The van der Waals surface area contributed by atoms with Crippen molar-refractivity contribution in [3.63, 3.8) is 0 Å². The lowest BCUT2D eigenvalue weighted by molar-refractivity contribution is -0.302. The van der Waals surface area contributed by atoms with E-state index in [4.69, 9.17) is 9.47 Å². The molecule has 0 saturated carbocycles. The van der Waals surface area contributed by atoms with Crippen molar-refractivity contribution in [2.45, 2.75) is 352 Å². The van der Waals surface area contributed by atoms with E-state index in [9.17, 15) is 30.3 Å². The first-order valence-electron chi connectivity index (χ1n) is 31.1. The smallest absolute Gasteiger partial charge is 0.220 e. The van der Waals surface area contributed by atoms with Gasteiger partial charge in [-0.05, 0) is 32.1 Å². The summed E-state index contributed by atoms with van der Waals surface area (Å²) in [6, 6.07) is -0.819. The van der Waals surface area contributed by atoms with Crippen molar-refractivity contribution >= 4 is 5.91 Å². The topological polar surface area (TPSA) is 149 Å². The summed E-state index contributed by atoms with van der Waals surface area (Å²) in [5, 5.41) is 54.5. The van der Waals surface area contributed by atoms with E-state index in [1.807, 2.05) is 6.08 Å². The van der Waals surface area contributed by atoms with Crippen LogP contribution >= 0.6 is 0 Å². The molecule has 1 amide bonds. The maximum atomic E-state index is 13.1. The van der Waals surface area contributed by atoms with E-state index in [2.05, 4.69) is 31.3 Å². The summed E-state index contributed by atoms with van der Waals surface area (Å²) < 4.78 is 11.3. The van der Waals surface area contributed by atoms with E-state index in [1.54, 1.807) is 6.08 Å². The molecule has 0 aromatic carbocycles. The van der Waals surface area contributed by atoms with E-state index in [1.165, 1.54) is 250 Å². The lowest BCUT2D eigenvalue weighted by atomic mass is 9.99. The summed E-state index contributed by atoms with van der Waals surface area (Å²) in [6.45, 7) is 3.80. The van der Waals surface area contributed by atoms with Gasteiger partial charge in [0.1, 0.15) is 24.4 Å². The van der Waals surface area contributed by atoms with Gasteiger partial charge in [-0.15, -0.1) is 0 Å². The van der Waals surface area contributed by atoms with E-state index >= 15 is 0 Å². The molecular weight excluding hydrogens is 887 g/mol. The Kier molecular flexibility index (Phi) is 49.7. The predicted octanol–water partition coefficient (Wildman–Crippen LogP) is 15.7. The Morgan fingerprint density at radius 1 is 0.465 bits per heavy atom. The van der Waals surface area contributed by atoms with Gasteiger partial charge in [0.25, 0.3) is 0 Å². The van der Waals surface area contributed by atoms with Crippen LogP contribution in [0.2, 0.25) is 0 Å². The number of amides is 1. The highest BCUT2D eigenvalue weighted by atomic mass is 16.7. The first-order valence-corrected chi connectivity index (χ1v) is 31.1. The fourth-order valence-corrected chi connectivity index (χ4v) is 10.1. The van der Waals surface area contributed by atoms with Crippen molar-refractivity contribution in [3.8, 4) is 0 Å². The number of nitrogens with one attached hydrogen (secondary N) is 1. The van der Waals surface area contributed by atoms with Crippen molar-refractivity contribution < 1.29 is 39.8 Å². The second kappa shape index (κ2) is 52.1. The zero-order valence-corrected chi connectivity index (χ0v) is 46.8. The van der Waals surface area contributed by atoms with Crippen LogP contribution < -0.4 is 5.32 Å². The molecule has 1 heterocycles. The lowest BCUT2D eigenvalue weighted by Gasteiger charge is -2.40. The number of aliphatic hydroxyl groups excluding tert-OH is 5. The molecule has 0 aromatic heterocycles. The Morgan fingerprint density at radius 3 is 1.18 bits per heavy atom. The maximum Gasteiger partial charge on any atom is 0.220 e. The third-order valence-electron chi connectivity index (χ3n) is 15.0. The van der Waals surface area contributed by atoms with Gasteiger partial charge in [-0.25, -0.2) is 0 Å². The average Bonchev–Trinajstić information content (AvgIpc) is 3.37. The van der Waals surface area contributed by atoms with Crippen molar-refractivity contribution in [1.82, 2.24) is 5.32 Å². The van der Waals surface area contributed by atoms with Crippen LogP contribution in [0.5, 0.6) is 0 Å². The Balaban J connectivity index is 2.15. The van der Waals surface area contributed by atoms with Crippen molar-refractivity contribution in [2.24, 2.45) is 0 Å². The van der Waals surface area contributed by atoms with Crippen LogP contribution in [0.15, 0.2) is 24.3 Å². The number of hydrogen-bond acceptors (Lipinski definition) is 8. The zero-order valence-electron chi connectivity index (χ0n) is 46.8. The SMILES string of the molecule is CCCCCCCCCCCCCC/C=C/CC/C=C/C(O)C(COC1OC(CO)C(O)C(O)C1O)NC(=O)CCCCCCCCCCCCCCCCCCCCCCCCCCCCCCCC. The molecule has 7 unspecified atom stereocenters. The first kappa shape index (κ1) is 67.7. The molecule has 0 aliphatic carbocycles. The number of ether oxygens (including phenoxy) is 2. The van der Waals surface area contributed by atoms with Gasteiger partial charge in [0, 0.05) is 6.42 Å². The number of aliphatic hydroxyl groups is 5. The molecule has 9 heteroatoms. The highest BCUT2D eigenvalue weighted by molar-refractivity contribution is 5.76. The molecule has 0 radical (unpaired) electrons. The Hall–Kier alpha value is -1.33. The summed E-state index contributed by atoms with van der Waals surface area (Å²) >= 11 is 0. The van der Waals surface area contributed by atoms with Crippen LogP contribution in [0.4, 0.5) is 0 Å². The van der Waals surface area contributed by atoms with E-state index in [0.29, 0.717) is 6.42 Å². The van der Waals surface area contributed by atoms with Crippen LogP contribution in [0, 0.1) is 0 Å². The van der Waals surface area contributed by atoms with E-state index < -0.39 is 49.5 Å². The molecule has 1 aliphatic heterocycles. The number of allylic oxidation sites excluding steroid dienone is 3. The molecule has 71 heavy (non-hydrogen) atoms. The molecule has 6 N–H and O–H groups in total. The second-order valence-corrected chi connectivity index (χ2v) is 21.9. The lowest BCUT2D eigenvalue weighted by Crippen LogP contribution is -2.60. The zero-order chi connectivity index (χ0) is 51.5. The van der Waals surface area contributed by atoms with E-state index in [0.717, 1.165) is 38.5 Å². The molecule has 7 atom stereocenters. The van der Waals surface area contributed by atoms with Crippen LogP contribution in [0.1, 0.15) is 309 Å². The molecule has 0 aromatic rings. The second-order valence-electron chi connectivity index (χ2n) is 21.9. The minimum absolute atomic E-state index is 0.180. The molecule has 1 rings (SSSR count). The van der Waals surface area contributed by atoms with Gasteiger partial charge in [-0.1, -0.05) is 295 Å². The van der Waals surface area contributed by atoms with Crippen molar-refractivity contribution in [2.75, 3.05) is 13.2 Å². The molecule has 9 nitrogen and oxygen atoms in total. The molecule has 1 fully saturated rings.